The number of benzene rings is 3. The maximum Gasteiger partial charge on any atom is 0.416 e. The fourth-order valence-corrected chi connectivity index (χ4v) is 4.35. The number of aromatic nitrogens is 2. The molecule has 0 saturated carbocycles. The first kappa shape index (κ1) is 33.3. The van der Waals surface area contributed by atoms with Crippen LogP contribution in [0.3, 0.4) is 0 Å². The van der Waals surface area contributed by atoms with Crippen molar-refractivity contribution in [3.05, 3.63) is 113 Å². The van der Waals surface area contributed by atoms with Gasteiger partial charge in [0.1, 0.15) is 11.6 Å². The SMILES string of the molecule is CCN1C(=O)CCc2c(C(C)NC#N)nn(-c3ccccc3)c21.Fc1ccccc1.O=C(NF)c1cccc(C(F)(F)F)c1. The molecular formula is C31H29F5N6O2. The zero-order chi connectivity index (χ0) is 32.3. The van der Waals surface area contributed by atoms with Gasteiger partial charge < -0.3 is 5.32 Å². The van der Waals surface area contributed by atoms with Gasteiger partial charge in [-0.15, -0.1) is 0 Å². The summed E-state index contributed by atoms with van der Waals surface area (Å²) in [5.41, 5.74) is 2.18. The minimum Gasteiger partial charge on any atom is -0.315 e. The van der Waals surface area contributed by atoms with Gasteiger partial charge in [-0.2, -0.15) is 29.1 Å². The molecule has 2 N–H and O–H groups in total. The van der Waals surface area contributed by atoms with Crippen LogP contribution in [0.5, 0.6) is 0 Å². The predicted molar refractivity (Wildman–Crippen MR) is 153 cm³/mol. The average Bonchev–Trinajstić information content (AvgIpc) is 3.42. The molecule has 44 heavy (non-hydrogen) atoms. The molecule has 5 rings (SSSR count). The molecule has 0 saturated heterocycles. The van der Waals surface area contributed by atoms with Gasteiger partial charge in [0, 0.05) is 24.1 Å². The molecule has 0 radical (unpaired) electrons. The van der Waals surface area contributed by atoms with E-state index >= 15 is 0 Å². The molecule has 1 aromatic heterocycles. The Morgan fingerprint density at radius 2 is 1.66 bits per heavy atom. The van der Waals surface area contributed by atoms with Crippen molar-refractivity contribution in [3.63, 3.8) is 0 Å². The number of amides is 2. The quantitative estimate of drug-likeness (QED) is 0.117. The van der Waals surface area contributed by atoms with E-state index in [0.717, 1.165) is 46.5 Å². The van der Waals surface area contributed by atoms with Gasteiger partial charge >= 0.3 is 6.18 Å². The lowest BCUT2D eigenvalue weighted by Crippen LogP contribution is -2.36. The third-order valence-electron chi connectivity index (χ3n) is 6.41. The Hall–Kier alpha value is -5.25. The Balaban J connectivity index is 0.000000212. The molecule has 1 aliphatic heterocycles. The summed E-state index contributed by atoms with van der Waals surface area (Å²) in [6, 6.07) is 21.0. The largest absolute Gasteiger partial charge is 0.416 e. The van der Waals surface area contributed by atoms with Gasteiger partial charge in [0.05, 0.1) is 23.0 Å². The summed E-state index contributed by atoms with van der Waals surface area (Å²) in [5.74, 6) is -0.431. The van der Waals surface area contributed by atoms with Crippen LogP contribution in [0.25, 0.3) is 5.69 Å². The number of fused-ring (bicyclic) bond motifs is 1. The van der Waals surface area contributed by atoms with E-state index in [1.54, 1.807) is 23.1 Å². The number of carbonyl (C=O) groups is 2. The molecule has 2 amide bonds. The Kier molecular flexibility index (Phi) is 11.6. The summed E-state index contributed by atoms with van der Waals surface area (Å²) in [7, 11) is 0. The van der Waals surface area contributed by atoms with Crippen LogP contribution in [0.15, 0.2) is 84.9 Å². The highest BCUT2D eigenvalue weighted by molar-refractivity contribution is 5.96. The van der Waals surface area contributed by atoms with Crippen molar-refractivity contribution in [1.82, 2.24) is 20.6 Å². The van der Waals surface area contributed by atoms with Crippen LogP contribution in [0.1, 0.15) is 53.5 Å². The van der Waals surface area contributed by atoms with E-state index < -0.39 is 17.6 Å². The molecule has 0 bridgehead atoms. The molecule has 230 valence electrons. The van der Waals surface area contributed by atoms with Crippen molar-refractivity contribution in [2.24, 2.45) is 0 Å². The molecule has 2 heterocycles. The standard InChI is InChI=1S/C17H19N5O.C8H5F4NO.C6H5F/c1-3-21-15(23)10-9-14-16(12(2)19-11-18)20-22(17(14)21)13-7-5-4-6-8-13;9-8(10,11)6-3-1-2-5(4-6)7(14)13-12;7-6-4-2-1-3-5-6/h4-8,12,19H,3,9-10H2,1-2H3;1-4H,(H,13,14);1-5H. The van der Waals surface area contributed by atoms with Gasteiger partial charge in [-0.1, -0.05) is 46.9 Å². The van der Waals surface area contributed by atoms with E-state index in [-0.39, 0.29) is 23.3 Å². The second-order valence-electron chi connectivity index (χ2n) is 9.35. The van der Waals surface area contributed by atoms with Gasteiger partial charge in [-0.3, -0.25) is 14.5 Å². The van der Waals surface area contributed by atoms with Crippen LogP contribution in [-0.4, -0.2) is 28.1 Å². The van der Waals surface area contributed by atoms with Gasteiger partial charge in [0.25, 0.3) is 5.91 Å². The first-order valence-corrected chi connectivity index (χ1v) is 13.4. The summed E-state index contributed by atoms with van der Waals surface area (Å²) in [5, 5.41) is 16.4. The maximum atomic E-state index is 12.3. The summed E-state index contributed by atoms with van der Waals surface area (Å²) in [4.78, 5) is 24.7. The van der Waals surface area contributed by atoms with E-state index in [0.29, 0.717) is 25.5 Å². The highest BCUT2D eigenvalue weighted by Crippen LogP contribution is 2.35. The van der Waals surface area contributed by atoms with Crippen molar-refractivity contribution in [2.45, 2.75) is 38.9 Å². The predicted octanol–water partition coefficient (Wildman–Crippen LogP) is 6.45. The van der Waals surface area contributed by atoms with Crippen LogP contribution in [0.2, 0.25) is 0 Å². The number of rotatable bonds is 5. The number of alkyl halides is 3. The Morgan fingerprint density at radius 3 is 2.18 bits per heavy atom. The minimum atomic E-state index is -4.54. The van der Waals surface area contributed by atoms with E-state index in [1.165, 1.54) is 12.1 Å². The van der Waals surface area contributed by atoms with Gasteiger partial charge in [-0.05, 0) is 62.7 Å². The molecule has 8 nitrogen and oxygen atoms in total. The molecule has 0 spiro atoms. The third-order valence-corrected chi connectivity index (χ3v) is 6.41. The van der Waals surface area contributed by atoms with Gasteiger partial charge in [0.15, 0.2) is 6.19 Å². The van der Waals surface area contributed by atoms with E-state index in [4.69, 9.17) is 10.4 Å². The fraction of sp³-hybridized carbons (Fsp3) is 0.226. The number of nitrogens with one attached hydrogen (secondary N) is 2. The number of nitriles is 1. The Bertz CT molecular complexity index is 1590. The maximum absolute atomic E-state index is 12.3. The smallest absolute Gasteiger partial charge is 0.315 e. The second kappa shape index (κ2) is 15.3. The highest BCUT2D eigenvalue weighted by Gasteiger charge is 2.33. The van der Waals surface area contributed by atoms with E-state index in [9.17, 15) is 31.6 Å². The lowest BCUT2D eigenvalue weighted by Gasteiger charge is -2.27. The summed E-state index contributed by atoms with van der Waals surface area (Å²) >= 11 is 0. The van der Waals surface area contributed by atoms with Gasteiger partial charge in [-0.25, -0.2) is 9.07 Å². The number of para-hydroxylation sites is 1. The van der Waals surface area contributed by atoms with Crippen LogP contribution in [0, 0.1) is 17.3 Å². The average molecular weight is 613 g/mol. The van der Waals surface area contributed by atoms with Crippen LogP contribution in [0.4, 0.5) is 27.9 Å². The van der Waals surface area contributed by atoms with Crippen LogP contribution < -0.4 is 15.8 Å². The molecule has 1 atom stereocenters. The monoisotopic (exact) mass is 612 g/mol. The Morgan fingerprint density at radius 1 is 1.02 bits per heavy atom. The molecular weight excluding hydrogens is 583 g/mol. The zero-order valence-corrected chi connectivity index (χ0v) is 23.8. The minimum absolute atomic E-state index is 0.115. The first-order chi connectivity index (χ1) is 21.0. The number of halogens is 5. The van der Waals surface area contributed by atoms with Crippen molar-refractivity contribution in [3.8, 4) is 11.9 Å². The number of anilines is 1. The first-order valence-electron chi connectivity index (χ1n) is 13.4. The lowest BCUT2D eigenvalue weighted by atomic mass is 10.0. The molecule has 0 fully saturated rings. The van der Waals surface area contributed by atoms with Crippen LogP contribution >= 0.6 is 0 Å². The molecule has 1 aliphatic rings. The van der Waals surface area contributed by atoms with Gasteiger partial charge in [0.2, 0.25) is 5.91 Å². The second-order valence-corrected chi connectivity index (χ2v) is 9.35. The van der Waals surface area contributed by atoms with Crippen LogP contribution in [-0.2, 0) is 17.4 Å². The highest BCUT2D eigenvalue weighted by atomic mass is 19.4. The van der Waals surface area contributed by atoms with Crippen molar-refractivity contribution in [2.75, 3.05) is 11.4 Å². The van der Waals surface area contributed by atoms with Crippen molar-refractivity contribution < 1.29 is 31.6 Å². The summed E-state index contributed by atoms with van der Waals surface area (Å²) in [6.45, 7) is 4.48. The molecule has 3 aromatic carbocycles. The molecule has 0 aliphatic carbocycles. The summed E-state index contributed by atoms with van der Waals surface area (Å²) < 4.78 is 61.7. The lowest BCUT2D eigenvalue weighted by molar-refractivity contribution is -0.137. The van der Waals surface area contributed by atoms with E-state index in [1.807, 2.05) is 55.1 Å². The van der Waals surface area contributed by atoms with Crippen molar-refractivity contribution >= 4 is 17.6 Å². The fourth-order valence-electron chi connectivity index (χ4n) is 4.35. The Labute approximate surface area is 250 Å². The molecule has 13 heteroatoms. The number of hydrogen-bond acceptors (Lipinski definition) is 5. The molecule has 4 aromatic rings. The normalized spacial score (nSPS) is 12.8. The number of hydrogen-bond donors (Lipinski definition) is 2. The van der Waals surface area contributed by atoms with Crippen molar-refractivity contribution in [1.29, 1.82) is 5.26 Å². The summed E-state index contributed by atoms with van der Waals surface area (Å²) in [6.07, 6.45) is -1.42. The zero-order valence-electron chi connectivity index (χ0n) is 23.8. The third kappa shape index (κ3) is 8.41. The number of nitrogens with zero attached hydrogens (tertiary/aromatic N) is 4. The molecule has 1 unspecified atom stereocenters. The topological polar surface area (TPSA) is 103 Å². The van der Waals surface area contributed by atoms with E-state index in [2.05, 4.69) is 5.32 Å². The number of carbonyl (C=O) groups excluding carboxylic acids is 2.